The Balaban J connectivity index is 2.91. The monoisotopic (exact) mass is 277 g/mol. The van der Waals surface area contributed by atoms with Crippen molar-refractivity contribution in [3.63, 3.8) is 0 Å². The van der Waals surface area contributed by atoms with Crippen LogP contribution in [0.2, 0.25) is 0 Å². The van der Waals surface area contributed by atoms with Crippen LogP contribution < -0.4 is 5.73 Å². The molecule has 0 spiro atoms. The van der Waals surface area contributed by atoms with Crippen molar-refractivity contribution in [1.29, 1.82) is 0 Å². The molecule has 14 heavy (non-hydrogen) atoms. The molecule has 5 heteroatoms. The zero-order chi connectivity index (χ0) is 10.9. The predicted molar refractivity (Wildman–Crippen MR) is 60.8 cm³/mol. The number of carboxylic acid groups (broad SMARTS) is 1. The Labute approximate surface area is 95.1 Å². The number of aryl methyl sites for hydroxylation is 2. The number of hydrogen-bond acceptors (Lipinski definition) is 3. The number of rotatable bonds is 3. The number of carboxylic acids is 1. The van der Waals surface area contributed by atoms with Crippen LogP contribution in [0.5, 0.6) is 0 Å². The van der Waals surface area contributed by atoms with E-state index in [1.807, 2.05) is 13.8 Å². The molecule has 1 aromatic heterocycles. The molecule has 0 aromatic carbocycles. The molecule has 0 aliphatic rings. The van der Waals surface area contributed by atoms with Gasteiger partial charge in [-0.1, -0.05) is 0 Å². The summed E-state index contributed by atoms with van der Waals surface area (Å²) in [6.45, 7) is 3.98. The highest BCUT2D eigenvalue weighted by atomic mass is 79.9. The molecule has 0 radical (unpaired) electrons. The first-order chi connectivity index (χ1) is 6.43. The zero-order valence-electron chi connectivity index (χ0n) is 8.00. The van der Waals surface area contributed by atoms with Crippen LogP contribution in [0.3, 0.4) is 0 Å². The Bertz CT molecular complexity index is 362. The molecular weight excluding hydrogens is 266 g/mol. The van der Waals surface area contributed by atoms with Gasteiger partial charge in [0.15, 0.2) is 0 Å². The number of thiophene rings is 1. The maximum atomic E-state index is 10.6. The van der Waals surface area contributed by atoms with Gasteiger partial charge in [-0.15, -0.1) is 11.3 Å². The van der Waals surface area contributed by atoms with E-state index in [4.69, 9.17) is 10.8 Å². The van der Waals surface area contributed by atoms with Gasteiger partial charge in [-0.2, -0.15) is 0 Å². The van der Waals surface area contributed by atoms with Gasteiger partial charge in [-0.05, 0) is 35.3 Å². The molecule has 78 valence electrons. The van der Waals surface area contributed by atoms with Crippen molar-refractivity contribution in [3.05, 3.63) is 19.8 Å². The summed E-state index contributed by atoms with van der Waals surface area (Å²) in [6.07, 6.45) is 0.381. The van der Waals surface area contributed by atoms with E-state index >= 15 is 0 Å². The molecule has 3 N–H and O–H groups in total. The lowest BCUT2D eigenvalue weighted by Crippen LogP contribution is -2.32. The van der Waals surface area contributed by atoms with Crippen LogP contribution in [0.25, 0.3) is 0 Å². The summed E-state index contributed by atoms with van der Waals surface area (Å²) in [5.41, 5.74) is 6.50. The fourth-order valence-corrected chi connectivity index (χ4v) is 3.06. The second-order valence-corrected chi connectivity index (χ2v) is 5.38. The largest absolute Gasteiger partial charge is 0.480 e. The average Bonchev–Trinajstić information content (AvgIpc) is 2.32. The molecule has 1 rings (SSSR count). The van der Waals surface area contributed by atoms with Gasteiger partial charge in [0.25, 0.3) is 0 Å². The summed E-state index contributed by atoms with van der Waals surface area (Å²) >= 11 is 5.09. The maximum absolute atomic E-state index is 10.6. The smallest absolute Gasteiger partial charge is 0.320 e. The molecule has 0 aliphatic heterocycles. The van der Waals surface area contributed by atoms with Gasteiger partial charge in [-0.25, -0.2) is 0 Å². The highest BCUT2D eigenvalue weighted by molar-refractivity contribution is 9.10. The number of aliphatic carboxylic acids is 1. The number of nitrogens with two attached hydrogens (primary N) is 1. The molecular formula is C9H12BrNO2S. The molecule has 0 bridgehead atoms. The average molecular weight is 278 g/mol. The first-order valence-corrected chi connectivity index (χ1v) is 5.77. The summed E-state index contributed by atoms with van der Waals surface area (Å²) in [7, 11) is 0. The van der Waals surface area contributed by atoms with Crippen molar-refractivity contribution in [3.8, 4) is 0 Å². The van der Waals surface area contributed by atoms with Crippen LogP contribution in [0.4, 0.5) is 0 Å². The van der Waals surface area contributed by atoms with E-state index < -0.39 is 12.0 Å². The third-order valence-corrected chi connectivity index (χ3v) is 4.45. The van der Waals surface area contributed by atoms with Crippen LogP contribution in [0.1, 0.15) is 15.3 Å². The normalized spacial score (nSPS) is 12.9. The highest BCUT2D eigenvalue weighted by Crippen LogP contribution is 2.32. The van der Waals surface area contributed by atoms with Crippen molar-refractivity contribution < 1.29 is 9.90 Å². The minimum atomic E-state index is -0.958. The molecule has 0 saturated heterocycles. The third-order valence-electron chi connectivity index (χ3n) is 2.05. The van der Waals surface area contributed by atoms with Crippen molar-refractivity contribution in [2.24, 2.45) is 5.73 Å². The first kappa shape index (κ1) is 11.7. The molecule has 1 heterocycles. The molecule has 0 saturated carbocycles. The topological polar surface area (TPSA) is 63.3 Å². The summed E-state index contributed by atoms with van der Waals surface area (Å²) in [5, 5.41) is 8.69. The van der Waals surface area contributed by atoms with Crippen LogP contribution >= 0.6 is 27.3 Å². The minimum Gasteiger partial charge on any atom is -0.480 e. The minimum absolute atomic E-state index is 0.381. The second-order valence-electron chi connectivity index (χ2n) is 3.16. The predicted octanol–water partition coefficient (Wildman–Crippen LogP) is 2.08. The fraction of sp³-hybridized carbons (Fsp3) is 0.444. The van der Waals surface area contributed by atoms with Crippen LogP contribution in [-0.2, 0) is 11.2 Å². The van der Waals surface area contributed by atoms with E-state index in [1.54, 1.807) is 11.3 Å². The van der Waals surface area contributed by atoms with E-state index in [0.717, 1.165) is 19.8 Å². The van der Waals surface area contributed by atoms with E-state index in [0.29, 0.717) is 6.42 Å². The van der Waals surface area contributed by atoms with Crippen LogP contribution in [-0.4, -0.2) is 17.1 Å². The van der Waals surface area contributed by atoms with Gasteiger partial charge >= 0.3 is 5.97 Å². The van der Waals surface area contributed by atoms with Gasteiger partial charge < -0.3 is 10.8 Å². The Morgan fingerprint density at radius 3 is 2.50 bits per heavy atom. The van der Waals surface area contributed by atoms with E-state index in [1.165, 1.54) is 0 Å². The van der Waals surface area contributed by atoms with Crippen molar-refractivity contribution in [2.75, 3.05) is 0 Å². The van der Waals surface area contributed by atoms with Gasteiger partial charge in [0.05, 0.1) is 0 Å². The first-order valence-electron chi connectivity index (χ1n) is 4.16. The maximum Gasteiger partial charge on any atom is 0.320 e. The van der Waals surface area contributed by atoms with Crippen molar-refractivity contribution in [2.45, 2.75) is 26.3 Å². The van der Waals surface area contributed by atoms with Gasteiger partial charge in [0.1, 0.15) is 6.04 Å². The van der Waals surface area contributed by atoms with Crippen molar-refractivity contribution in [1.82, 2.24) is 0 Å². The lowest BCUT2D eigenvalue weighted by molar-refractivity contribution is -0.138. The lowest BCUT2D eigenvalue weighted by Gasteiger charge is -2.06. The Morgan fingerprint density at radius 2 is 2.14 bits per heavy atom. The Morgan fingerprint density at radius 1 is 1.57 bits per heavy atom. The standard InChI is InChI=1S/C9H12BrNO2S/c1-4-6(3-7(11)9(12)13)8(10)5(2)14-4/h7H,3,11H2,1-2H3,(H,12,13). The molecule has 3 nitrogen and oxygen atoms in total. The summed E-state index contributed by atoms with van der Waals surface area (Å²) in [5.74, 6) is -0.958. The molecule has 0 fully saturated rings. The van der Waals surface area contributed by atoms with Crippen LogP contribution in [0.15, 0.2) is 4.47 Å². The van der Waals surface area contributed by atoms with E-state index in [9.17, 15) is 4.79 Å². The summed E-state index contributed by atoms with van der Waals surface area (Å²) in [6, 6.07) is -0.820. The number of hydrogen-bond donors (Lipinski definition) is 2. The zero-order valence-corrected chi connectivity index (χ0v) is 10.4. The number of halogens is 1. The molecule has 0 aliphatic carbocycles. The van der Waals surface area contributed by atoms with Gasteiger partial charge in [0, 0.05) is 20.6 Å². The molecule has 1 unspecified atom stereocenters. The van der Waals surface area contributed by atoms with E-state index in [-0.39, 0.29) is 0 Å². The van der Waals surface area contributed by atoms with Crippen LogP contribution in [0, 0.1) is 13.8 Å². The second kappa shape index (κ2) is 4.42. The van der Waals surface area contributed by atoms with E-state index in [2.05, 4.69) is 15.9 Å². The third kappa shape index (κ3) is 2.34. The quantitative estimate of drug-likeness (QED) is 0.889. The van der Waals surface area contributed by atoms with Gasteiger partial charge in [0.2, 0.25) is 0 Å². The van der Waals surface area contributed by atoms with Crippen molar-refractivity contribution >= 4 is 33.2 Å². The summed E-state index contributed by atoms with van der Waals surface area (Å²) in [4.78, 5) is 12.9. The molecule has 1 atom stereocenters. The molecule has 1 aromatic rings. The Hall–Kier alpha value is -0.390. The molecule has 0 amide bonds. The fourth-order valence-electron chi connectivity index (χ4n) is 1.24. The Kier molecular flexibility index (Phi) is 3.69. The lowest BCUT2D eigenvalue weighted by atomic mass is 10.1. The summed E-state index contributed by atoms with van der Waals surface area (Å²) < 4.78 is 0.997. The number of carbonyl (C=O) groups is 1. The highest BCUT2D eigenvalue weighted by Gasteiger charge is 2.18. The van der Waals surface area contributed by atoms with Gasteiger partial charge in [-0.3, -0.25) is 4.79 Å². The SMILES string of the molecule is Cc1sc(C)c(CC(N)C(=O)O)c1Br.